The van der Waals surface area contributed by atoms with Crippen LogP contribution in [0.3, 0.4) is 0 Å². The first-order valence-electron chi connectivity index (χ1n) is 12.2. The van der Waals surface area contributed by atoms with Crippen LogP contribution < -0.4 is 5.32 Å². The van der Waals surface area contributed by atoms with Gasteiger partial charge in [0.15, 0.2) is 0 Å². The summed E-state index contributed by atoms with van der Waals surface area (Å²) in [7, 11) is 0. The lowest BCUT2D eigenvalue weighted by Crippen LogP contribution is -2.40. The molecule has 0 aromatic carbocycles. The molecule has 3 heterocycles. The number of nitrogens with one attached hydrogen (secondary N) is 1. The van der Waals surface area contributed by atoms with Gasteiger partial charge in [-0.2, -0.15) is 0 Å². The van der Waals surface area contributed by atoms with Gasteiger partial charge in [0.2, 0.25) is 5.91 Å². The Morgan fingerprint density at radius 1 is 1.19 bits per heavy atom. The fourth-order valence-corrected chi connectivity index (χ4v) is 7.84. The molecule has 4 aliphatic carbocycles. The summed E-state index contributed by atoms with van der Waals surface area (Å²) < 4.78 is 1.81. The number of carbonyl (C=O) groups is 2. The second-order valence-corrected chi connectivity index (χ2v) is 11.3. The first-order valence-corrected chi connectivity index (χ1v) is 12.2. The zero-order valence-electron chi connectivity index (χ0n) is 18.3. The molecule has 168 valence electrons. The van der Waals surface area contributed by atoms with Gasteiger partial charge in [0, 0.05) is 25.7 Å². The van der Waals surface area contributed by atoms with Gasteiger partial charge < -0.3 is 15.3 Å². The number of pyridine rings is 1. The SMILES string of the molecule is O=C(CC12CC3C[C@@H]3C3(CC3C1)C2)Nc1cccc2nc(C(=O)N3CCC(O)CC3)cn12. The molecule has 2 aromatic rings. The van der Waals surface area contributed by atoms with E-state index in [1.807, 2.05) is 22.6 Å². The highest BCUT2D eigenvalue weighted by molar-refractivity contribution is 5.94. The second kappa shape index (κ2) is 6.34. The molecule has 7 rings (SSSR count). The van der Waals surface area contributed by atoms with Crippen molar-refractivity contribution in [1.82, 2.24) is 14.3 Å². The van der Waals surface area contributed by atoms with Gasteiger partial charge in [0.1, 0.15) is 17.2 Å². The molecule has 5 aliphatic rings. The molecule has 2 amide bonds. The highest BCUT2D eigenvalue weighted by atomic mass is 16.3. The number of imidazole rings is 1. The zero-order valence-corrected chi connectivity index (χ0v) is 18.3. The Balaban J connectivity index is 1.09. The summed E-state index contributed by atoms with van der Waals surface area (Å²) in [5, 5.41) is 12.8. The van der Waals surface area contributed by atoms with E-state index in [1.165, 1.54) is 32.1 Å². The summed E-state index contributed by atoms with van der Waals surface area (Å²) in [6.45, 7) is 1.09. The fourth-order valence-electron chi connectivity index (χ4n) is 7.84. The molecule has 1 aliphatic heterocycles. The van der Waals surface area contributed by atoms with Crippen molar-refractivity contribution in [2.75, 3.05) is 18.4 Å². The second-order valence-electron chi connectivity index (χ2n) is 11.3. The van der Waals surface area contributed by atoms with E-state index >= 15 is 0 Å². The van der Waals surface area contributed by atoms with Crippen LogP contribution in [0.2, 0.25) is 0 Å². The summed E-state index contributed by atoms with van der Waals surface area (Å²) in [5.41, 5.74) is 1.87. The van der Waals surface area contributed by atoms with Crippen molar-refractivity contribution in [3.63, 3.8) is 0 Å². The number of piperidine rings is 1. The van der Waals surface area contributed by atoms with Gasteiger partial charge in [-0.1, -0.05) is 6.07 Å². The number of hydrogen-bond acceptors (Lipinski definition) is 4. The molecular formula is C25H30N4O3. The largest absolute Gasteiger partial charge is 0.393 e. The maximum atomic E-state index is 13.1. The van der Waals surface area contributed by atoms with Crippen LogP contribution >= 0.6 is 0 Å². The van der Waals surface area contributed by atoms with E-state index in [0.29, 0.717) is 54.9 Å². The number of rotatable bonds is 4. The van der Waals surface area contributed by atoms with E-state index in [1.54, 1.807) is 11.1 Å². The normalized spacial score (nSPS) is 37.2. The minimum atomic E-state index is -0.322. The van der Waals surface area contributed by atoms with E-state index in [4.69, 9.17) is 0 Å². The molecule has 0 radical (unpaired) electrons. The van der Waals surface area contributed by atoms with Crippen molar-refractivity contribution in [1.29, 1.82) is 0 Å². The summed E-state index contributed by atoms with van der Waals surface area (Å²) in [6.07, 6.45) is 9.79. The van der Waals surface area contributed by atoms with Crippen LogP contribution in [0.25, 0.3) is 5.65 Å². The number of aliphatic hydroxyl groups excluding tert-OH is 1. The predicted octanol–water partition coefficient (Wildman–Crippen LogP) is 3.09. The van der Waals surface area contributed by atoms with Crippen molar-refractivity contribution in [2.24, 2.45) is 28.6 Å². The summed E-state index contributed by atoms with van der Waals surface area (Å²) in [5.74, 6) is 3.38. The van der Waals surface area contributed by atoms with E-state index in [2.05, 4.69) is 10.3 Å². The van der Waals surface area contributed by atoms with E-state index < -0.39 is 0 Å². The third-order valence-corrected chi connectivity index (χ3v) is 9.29. The van der Waals surface area contributed by atoms with Crippen molar-refractivity contribution in [3.05, 3.63) is 30.1 Å². The van der Waals surface area contributed by atoms with Crippen molar-refractivity contribution in [3.8, 4) is 0 Å². The van der Waals surface area contributed by atoms with Crippen molar-refractivity contribution in [2.45, 2.75) is 57.5 Å². The molecule has 5 fully saturated rings. The van der Waals surface area contributed by atoms with Crippen LogP contribution in [-0.2, 0) is 4.79 Å². The van der Waals surface area contributed by atoms with Gasteiger partial charge in [-0.3, -0.25) is 14.0 Å². The summed E-state index contributed by atoms with van der Waals surface area (Å²) >= 11 is 0. The number of nitrogens with zero attached hydrogens (tertiary/aromatic N) is 3. The number of fused-ring (bicyclic) bond motifs is 3. The van der Waals surface area contributed by atoms with E-state index in [9.17, 15) is 14.7 Å². The number of anilines is 1. The maximum absolute atomic E-state index is 13.1. The third-order valence-electron chi connectivity index (χ3n) is 9.29. The summed E-state index contributed by atoms with van der Waals surface area (Å²) in [6, 6.07) is 5.60. The molecular weight excluding hydrogens is 404 g/mol. The monoisotopic (exact) mass is 434 g/mol. The quantitative estimate of drug-likeness (QED) is 0.774. The molecule has 32 heavy (non-hydrogen) atoms. The lowest BCUT2D eigenvalue weighted by atomic mass is 9.69. The number of aromatic nitrogens is 2. The molecule has 2 aromatic heterocycles. The average molecular weight is 435 g/mol. The molecule has 7 nitrogen and oxygen atoms in total. The number of likely N-dealkylation sites (tertiary alicyclic amines) is 1. The number of hydrogen-bond donors (Lipinski definition) is 2. The Morgan fingerprint density at radius 2 is 2.03 bits per heavy atom. The van der Waals surface area contributed by atoms with Gasteiger partial charge in [-0.05, 0) is 85.7 Å². The Bertz CT molecular complexity index is 1130. The third kappa shape index (κ3) is 2.79. The van der Waals surface area contributed by atoms with Crippen LogP contribution in [0.5, 0.6) is 0 Å². The van der Waals surface area contributed by atoms with Crippen molar-refractivity contribution < 1.29 is 14.7 Å². The average Bonchev–Trinajstić information content (AvgIpc) is 3.59. The fraction of sp³-hybridized carbons (Fsp3) is 0.640. The number of amides is 2. The first-order chi connectivity index (χ1) is 15.4. The van der Waals surface area contributed by atoms with Crippen LogP contribution in [0, 0.1) is 28.6 Å². The van der Waals surface area contributed by atoms with Gasteiger partial charge in [-0.25, -0.2) is 4.98 Å². The number of carbonyl (C=O) groups excluding carboxylic acids is 2. The molecule has 2 bridgehead atoms. The summed E-state index contributed by atoms with van der Waals surface area (Å²) in [4.78, 5) is 32.3. The highest BCUT2D eigenvalue weighted by Crippen LogP contribution is 2.84. The highest BCUT2D eigenvalue weighted by Gasteiger charge is 2.76. The Kier molecular flexibility index (Phi) is 3.78. The molecule has 1 saturated heterocycles. The molecule has 1 spiro atoms. The Hall–Kier alpha value is -2.41. The van der Waals surface area contributed by atoms with Gasteiger partial charge in [-0.15, -0.1) is 0 Å². The Labute approximate surface area is 187 Å². The molecule has 5 atom stereocenters. The topological polar surface area (TPSA) is 86.9 Å². The van der Waals surface area contributed by atoms with E-state index in [0.717, 1.165) is 17.8 Å². The minimum absolute atomic E-state index is 0.0830. The van der Waals surface area contributed by atoms with Crippen LogP contribution in [0.15, 0.2) is 24.4 Å². The number of aliphatic hydroxyl groups is 1. The molecule has 7 heteroatoms. The van der Waals surface area contributed by atoms with Crippen LogP contribution in [-0.4, -0.2) is 50.4 Å². The minimum Gasteiger partial charge on any atom is -0.393 e. The van der Waals surface area contributed by atoms with Crippen molar-refractivity contribution >= 4 is 23.3 Å². The Morgan fingerprint density at radius 3 is 2.88 bits per heavy atom. The zero-order chi connectivity index (χ0) is 21.7. The standard InChI is InChI=1S/C25H30N4O3/c30-17-4-6-28(7-5-17)23(32)19-13-29-20(26-19)2-1-3-21(29)27-22(31)12-24-9-15-8-18(15)25(14-24)11-16(25)10-24/h1-3,13,15-18,30H,4-12,14H2,(H,27,31)/t15?,16?,18-,24?,25?/m0/s1. The first kappa shape index (κ1) is 19.1. The van der Waals surface area contributed by atoms with Gasteiger partial charge in [0.25, 0.3) is 5.91 Å². The van der Waals surface area contributed by atoms with Crippen LogP contribution in [0.4, 0.5) is 5.82 Å². The van der Waals surface area contributed by atoms with Crippen LogP contribution in [0.1, 0.15) is 61.9 Å². The van der Waals surface area contributed by atoms with Gasteiger partial charge >= 0.3 is 0 Å². The molecule has 2 N–H and O–H groups in total. The maximum Gasteiger partial charge on any atom is 0.274 e. The lowest BCUT2D eigenvalue weighted by molar-refractivity contribution is -0.119. The molecule has 4 saturated carbocycles. The lowest BCUT2D eigenvalue weighted by Gasteiger charge is -2.35. The smallest absolute Gasteiger partial charge is 0.274 e. The van der Waals surface area contributed by atoms with Gasteiger partial charge in [0.05, 0.1) is 6.10 Å². The predicted molar refractivity (Wildman–Crippen MR) is 118 cm³/mol. The van der Waals surface area contributed by atoms with E-state index in [-0.39, 0.29) is 23.3 Å². The molecule has 4 unspecified atom stereocenters.